The van der Waals surface area contributed by atoms with Crippen LogP contribution < -0.4 is 5.32 Å². The third-order valence-corrected chi connectivity index (χ3v) is 5.53. The average molecular weight is 461 g/mol. The van der Waals surface area contributed by atoms with Crippen LogP contribution in [0.5, 0.6) is 0 Å². The SMILES string of the molecule is O=C(O)C[C@H](O)C(=O)Nc1ccc(/C=C/c2cc(-c3ccccc3)c(C(F)(F)F)s2)cc1. The molecule has 32 heavy (non-hydrogen) atoms. The number of amides is 1. The van der Waals surface area contributed by atoms with Crippen molar-refractivity contribution >= 4 is 41.1 Å². The number of rotatable bonds is 7. The molecule has 1 heterocycles. The van der Waals surface area contributed by atoms with Crippen molar-refractivity contribution in [1.82, 2.24) is 0 Å². The van der Waals surface area contributed by atoms with Gasteiger partial charge >= 0.3 is 12.1 Å². The monoisotopic (exact) mass is 461 g/mol. The van der Waals surface area contributed by atoms with E-state index in [0.717, 1.165) is 0 Å². The van der Waals surface area contributed by atoms with Crippen LogP contribution in [-0.2, 0) is 15.8 Å². The van der Waals surface area contributed by atoms with Crippen LogP contribution in [0.25, 0.3) is 23.3 Å². The van der Waals surface area contributed by atoms with E-state index in [1.807, 2.05) is 0 Å². The number of anilines is 1. The van der Waals surface area contributed by atoms with Crippen molar-refractivity contribution in [2.75, 3.05) is 5.32 Å². The van der Waals surface area contributed by atoms with E-state index in [1.165, 1.54) is 18.2 Å². The van der Waals surface area contributed by atoms with Crippen molar-refractivity contribution in [2.24, 2.45) is 0 Å². The highest BCUT2D eigenvalue weighted by atomic mass is 32.1. The molecule has 0 saturated heterocycles. The van der Waals surface area contributed by atoms with E-state index in [1.54, 1.807) is 54.6 Å². The summed E-state index contributed by atoms with van der Waals surface area (Å²) in [5.74, 6) is -2.15. The predicted molar refractivity (Wildman–Crippen MR) is 117 cm³/mol. The molecular formula is C23H18F3NO4S. The van der Waals surface area contributed by atoms with Gasteiger partial charge in [0.25, 0.3) is 5.91 Å². The summed E-state index contributed by atoms with van der Waals surface area (Å²) in [6.45, 7) is 0. The van der Waals surface area contributed by atoms with Crippen LogP contribution in [0.2, 0.25) is 0 Å². The number of carboxylic acid groups (broad SMARTS) is 1. The Morgan fingerprint density at radius 1 is 1.03 bits per heavy atom. The summed E-state index contributed by atoms with van der Waals surface area (Å²) >= 11 is 0.656. The molecule has 3 rings (SSSR count). The fourth-order valence-electron chi connectivity index (χ4n) is 2.87. The van der Waals surface area contributed by atoms with Crippen molar-refractivity contribution in [3.8, 4) is 11.1 Å². The van der Waals surface area contributed by atoms with Crippen molar-refractivity contribution < 1.29 is 33.0 Å². The van der Waals surface area contributed by atoms with Crippen LogP contribution >= 0.6 is 11.3 Å². The molecule has 0 bridgehead atoms. The molecule has 0 fully saturated rings. The van der Waals surface area contributed by atoms with Crippen molar-refractivity contribution in [3.05, 3.63) is 76.0 Å². The first kappa shape index (κ1) is 23.2. The van der Waals surface area contributed by atoms with Crippen molar-refractivity contribution in [2.45, 2.75) is 18.7 Å². The summed E-state index contributed by atoms with van der Waals surface area (Å²) in [6, 6.07) is 16.2. The lowest BCUT2D eigenvalue weighted by atomic mass is 10.1. The molecule has 2 aromatic carbocycles. The van der Waals surface area contributed by atoms with E-state index >= 15 is 0 Å². The van der Waals surface area contributed by atoms with Gasteiger partial charge in [0.1, 0.15) is 11.0 Å². The molecule has 1 atom stereocenters. The van der Waals surface area contributed by atoms with Gasteiger partial charge in [-0.2, -0.15) is 13.2 Å². The van der Waals surface area contributed by atoms with Gasteiger partial charge in [-0.25, -0.2) is 0 Å². The summed E-state index contributed by atoms with van der Waals surface area (Å²) < 4.78 is 40.5. The molecule has 1 amide bonds. The van der Waals surface area contributed by atoms with Crippen LogP contribution in [0.15, 0.2) is 60.7 Å². The van der Waals surface area contributed by atoms with Gasteiger partial charge < -0.3 is 15.5 Å². The number of halogens is 3. The molecule has 1 aromatic heterocycles. The second-order valence-electron chi connectivity index (χ2n) is 6.81. The van der Waals surface area contributed by atoms with Gasteiger partial charge in [0.15, 0.2) is 0 Å². The summed E-state index contributed by atoms with van der Waals surface area (Å²) in [7, 11) is 0. The topological polar surface area (TPSA) is 86.6 Å². The molecule has 0 spiro atoms. The third kappa shape index (κ3) is 6.05. The van der Waals surface area contributed by atoms with Crippen molar-refractivity contribution in [1.29, 1.82) is 0 Å². The quantitative estimate of drug-likeness (QED) is 0.441. The summed E-state index contributed by atoms with van der Waals surface area (Å²) in [5.41, 5.74) is 1.64. The third-order valence-electron chi connectivity index (χ3n) is 4.38. The van der Waals surface area contributed by atoms with E-state index < -0.39 is 35.5 Å². The summed E-state index contributed by atoms with van der Waals surface area (Å²) in [5, 5.41) is 20.5. The van der Waals surface area contributed by atoms with E-state index in [-0.39, 0.29) is 5.56 Å². The molecule has 5 nitrogen and oxygen atoms in total. The Bertz CT molecular complexity index is 1120. The second-order valence-corrected chi connectivity index (χ2v) is 7.90. The molecule has 3 aromatic rings. The maximum absolute atomic E-state index is 13.5. The molecule has 0 aliphatic carbocycles. The zero-order valence-corrected chi connectivity index (χ0v) is 17.3. The lowest BCUT2D eigenvalue weighted by molar-refractivity contribution is -0.142. The number of thiophene rings is 1. The lowest BCUT2D eigenvalue weighted by Crippen LogP contribution is -2.29. The fraction of sp³-hybridized carbons (Fsp3) is 0.130. The Morgan fingerprint density at radius 3 is 2.28 bits per heavy atom. The Balaban J connectivity index is 1.75. The number of carbonyl (C=O) groups is 2. The van der Waals surface area contributed by atoms with E-state index in [0.29, 0.717) is 33.0 Å². The fourth-order valence-corrected chi connectivity index (χ4v) is 3.83. The number of hydrogen-bond donors (Lipinski definition) is 3. The molecule has 9 heteroatoms. The molecule has 3 N–H and O–H groups in total. The van der Waals surface area contributed by atoms with Gasteiger partial charge in [0.05, 0.1) is 6.42 Å². The zero-order valence-electron chi connectivity index (χ0n) is 16.5. The number of carboxylic acids is 1. The minimum Gasteiger partial charge on any atom is -0.481 e. The first-order valence-electron chi connectivity index (χ1n) is 9.39. The highest BCUT2D eigenvalue weighted by Gasteiger charge is 2.36. The molecule has 0 radical (unpaired) electrons. The van der Waals surface area contributed by atoms with E-state index in [4.69, 9.17) is 5.11 Å². The molecule has 0 aliphatic heterocycles. The van der Waals surface area contributed by atoms with Gasteiger partial charge in [-0.3, -0.25) is 9.59 Å². The van der Waals surface area contributed by atoms with Crippen LogP contribution in [0.3, 0.4) is 0 Å². The van der Waals surface area contributed by atoms with Crippen LogP contribution in [0.1, 0.15) is 21.7 Å². The van der Waals surface area contributed by atoms with Crippen molar-refractivity contribution in [3.63, 3.8) is 0 Å². The lowest BCUT2D eigenvalue weighted by Gasteiger charge is -2.09. The molecule has 0 unspecified atom stereocenters. The van der Waals surface area contributed by atoms with Gasteiger partial charge in [-0.15, -0.1) is 11.3 Å². The number of aliphatic hydroxyl groups excluding tert-OH is 1. The molecular weight excluding hydrogens is 443 g/mol. The van der Waals surface area contributed by atoms with E-state index in [2.05, 4.69) is 5.32 Å². The molecule has 0 aliphatic rings. The maximum Gasteiger partial charge on any atom is 0.426 e. The highest BCUT2D eigenvalue weighted by Crippen LogP contribution is 2.43. The smallest absolute Gasteiger partial charge is 0.426 e. The number of carbonyl (C=O) groups excluding carboxylic acids is 1. The highest BCUT2D eigenvalue weighted by molar-refractivity contribution is 7.13. The summed E-state index contributed by atoms with van der Waals surface area (Å²) in [4.78, 5) is 22.1. The molecule has 0 saturated carbocycles. The minimum absolute atomic E-state index is 0.126. The first-order valence-corrected chi connectivity index (χ1v) is 10.2. The van der Waals surface area contributed by atoms with Gasteiger partial charge in [-0.05, 0) is 35.4 Å². The second kappa shape index (κ2) is 9.80. The van der Waals surface area contributed by atoms with Crippen LogP contribution in [0.4, 0.5) is 18.9 Å². The standard InChI is InChI=1S/C23H18F3NO4S/c24-23(25,26)21-18(15-4-2-1-3-5-15)12-17(32-21)11-8-14-6-9-16(10-7-14)27-22(31)19(28)13-20(29)30/h1-12,19,28H,13H2,(H,27,31)(H,29,30)/b11-8+/t19-/m0/s1. The van der Waals surface area contributed by atoms with Crippen LogP contribution in [-0.4, -0.2) is 28.2 Å². The average Bonchev–Trinajstić information content (AvgIpc) is 3.18. The first-order chi connectivity index (χ1) is 15.1. The minimum atomic E-state index is -4.47. The number of hydrogen-bond acceptors (Lipinski definition) is 4. The Morgan fingerprint density at radius 2 is 1.69 bits per heavy atom. The normalized spacial score (nSPS) is 12.6. The van der Waals surface area contributed by atoms with Gasteiger partial charge in [-0.1, -0.05) is 48.5 Å². The van der Waals surface area contributed by atoms with Gasteiger partial charge in [0.2, 0.25) is 0 Å². The predicted octanol–water partition coefficient (Wildman–Crippen LogP) is 5.38. The van der Waals surface area contributed by atoms with Gasteiger partial charge in [0, 0.05) is 16.1 Å². The number of benzene rings is 2. The number of alkyl halides is 3. The van der Waals surface area contributed by atoms with Crippen LogP contribution in [0, 0.1) is 0 Å². The number of aliphatic hydroxyl groups is 1. The number of nitrogens with one attached hydrogen (secondary N) is 1. The zero-order chi connectivity index (χ0) is 23.3. The Labute approximate surface area is 185 Å². The maximum atomic E-state index is 13.5. The summed E-state index contributed by atoms with van der Waals surface area (Å²) in [6.07, 6.45) is -3.62. The number of aliphatic carboxylic acids is 1. The largest absolute Gasteiger partial charge is 0.481 e. The molecule has 166 valence electrons. The Hall–Kier alpha value is -3.43. The Kier molecular flexibility index (Phi) is 7.12. The van der Waals surface area contributed by atoms with E-state index in [9.17, 15) is 27.9 Å².